The van der Waals surface area contributed by atoms with E-state index in [9.17, 15) is 0 Å². The van der Waals surface area contributed by atoms with Crippen molar-refractivity contribution in [2.24, 2.45) is 0 Å². The van der Waals surface area contributed by atoms with Crippen molar-refractivity contribution >= 4 is 16.9 Å². The molecule has 2 aromatic heterocycles. The van der Waals surface area contributed by atoms with Gasteiger partial charge in [0, 0.05) is 24.8 Å². The molecule has 7 heteroatoms. The van der Waals surface area contributed by atoms with E-state index in [2.05, 4.69) is 32.4 Å². The zero-order chi connectivity index (χ0) is 20.3. The zero-order valence-corrected chi connectivity index (χ0v) is 16.7. The lowest BCUT2D eigenvalue weighted by Gasteiger charge is -2.13. The first-order valence-corrected chi connectivity index (χ1v) is 10.0. The van der Waals surface area contributed by atoms with Gasteiger partial charge in [0.1, 0.15) is 28.4 Å². The molecule has 0 aliphatic carbocycles. The third-order valence-corrected chi connectivity index (χ3v) is 5.19. The van der Waals surface area contributed by atoms with Crippen molar-refractivity contribution < 1.29 is 9.47 Å². The maximum Gasteiger partial charge on any atom is 0.161 e. The molecule has 2 N–H and O–H groups in total. The number of H-pyrrole nitrogens is 1. The number of fused-ring (bicyclic) bond motifs is 1. The number of nitrogens with one attached hydrogen (secondary N) is 2. The van der Waals surface area contributed by atoms with Crippen LogP contribution >= 0.6 is 0 Å². The molecule has 1 fully saturated rings. The fraction of sp³-hybridized carbons (Fsp3) is 0.217. The SMILES string of the molecule is CN1CCC(Nc2n[nH]c3nccc(Oc4ccc(Oc5ccccc5)cc4)c23)C1. The van der Waals surface area contributed by atoms with E-state index in [1.54, 1.807) is 6.20 Å². The van der Waals surface area contributed by atoms with E-state index in [1.165, 1.54) is 0 Å². The maximum atomic E-state index is 6.18. The van der Waals surface area contributed by atoms with Crippen LogP contribution in [0.4, 0.5) is 5.82 Å². The van der Waals surface area contributed by atoms with Crippen molar-refractivity contribution in [3.63, 3.8) is 0 Å². The van der Waals surface area contributed by atoms with Crippen LogP contribution in [0.15, 0.2) is 66.9 Å². The number of nitrogens with zero attached hydrogens (tertiary/aromatic N) is 3. The molecule has 1 unspecified atom stereocenters. The van der Waals surface area contributed by atoms with Gasteiger partial charge in [-0.05, 0) is 56.4 Å². The van der Waals surface area contributed by atoms with E-state index in [1.807, 2.05) is 60.7 Å². The van der Waals surface area contributed by atoms with Crippen LogP contribution < -0.4 is 14.8 Å². The molecule has 152 valence electrons. The normalized spacial score (nSPS) is 16.6. The van der Waals surface area contributed by atoms with Gasteiger partial charge in [-0.3, -0.25) is 5.10 Å². The summed E-state index contributed by atoms with van der Waals surface area (Å²) in [7, 11) is 2.13. The lowest BCUT2D eigenvalue weighted by Crippen LogP contribution is -2.23. The Hall–Kier alpha value is -3.58. The molecule has 0 spiro atoms. The Morgan fingerprint density at radius 1 is 0.967 bits per heavy atom. The van der Waals surface area contributed by atoms with E-state index < -0.39 is 0 Å². The van der Waals surface area contributed by atoms with Gasteiger partial charge >= 0.3 is 0 Å². The van der Waals surface area contributed by atoms with Crippen molar-refractivity contribution in [1.82, 2.24) is 20.1 Å². The lowest BCUT2D eigenvalue weighted by molar-refractivity contribution is 0.414. The van der Waals surface area contributed by atoms with Crippen LogP contribution in [-0.2, 0) is 0 Å². The van der Waals surface area contributed by atoms with Crippen molar-refractivity contribution in [3.8, 4) is 23.0 Å². The minimum absolute atomic E-state index is 0.365. The number of hydrogen-bond donors (Lipinski definition) is 2. The third kappa shape index (κ3) is 3.92. The van der Waals surface area contributed by atoms with Crippen molar-refractivity contribution in [2.75, 3.05) is 25.5 Å². The van der Waals surface area contributed by atoms with Crippen molar-refractivity contribution in [2.45, 2.75) is 12.5 Å². The molecule has 7 nitrogen and oxygen atoms in total. The Morgan fingerprint density at radius 2 is 1.70 bits per heavy atom. The second-order valence-corrected chi connectivity index (χ2v) is 7.49. The second kappa shape index (κ2) is 8.04. The number of pyridine rings is 1. The van der Waals surface area contributed by atoms with Crippen LogP contribution in [-0.4, -0.2) is 46.3 Å². The molecular formula is C23H23N5O2. The van der Waals surface area contributed by atoms with Crippen molar-refractivity contribution in [1.29, 1.82) is 0 Å². The number of para-hydroxylation sites is 1. The van der Waals surface area contributed by atoms with Crippen molar-refractivity contribution in [3.05, 3.63) is 66.9 Å². The molecule has 3 heterocycles. The van der Waals surface area contributed by atoms with E-state index in [-0.39, 0.29) is 0 Å². The molecule has 2 aromatic carbocycles. The number of anilines is 1. The highest BCUT2D eigenvalue weighted by molar-refractivity contribution is 5.93. The van der Waals surface area contributed by atoms with E-state index in [0.717, 1.165) is 48.0 Å². The summed E-state index contributed by atoms with van der Waals surface area (Å²) in [5, 5.41) is 11.8. The summed E-state index contributed by atoms with van der Waals surface area (Å²) in [5.74, 6) is 3.76. The molecular weight excluding hydrogens is 378 g/mol. The largest absolute Gasteiger partial charge is 0.457 e. The number of likely N-dealkylation sites (tertiary alicyclic amines) is 1. The summed E-state index contributed by atoms with van der Waals surface area (Å²) in [5.41, 5.74) is 0.699. The Labute approximate surface area is 174 Å². The summed E-state index contributed by atoms with van der Waals surface area (Å²) >= 11 is 0. The molecule has 30 heavy (non-hydrogen) atoms. The first-order valence-electron chi connectivity index (χ1n) is 10.0. The van der Waals surface area contributed by atoms with Crippen LogP contribution in [0, 0.1) is 0 Å². The highest BCUT2D eigenvalue weighted by Gasteiger charge is 2.22. The average molecular weight is 401 g/mol. The van der Waals surface area contributed by atoms with Crippen LogP contribution in [0.2, 0.25) is 0 Å². The molecule has 0 saturated carbocycles. The number of likely N-dealkylation sites (N-methyl/N-ethyl adjacent to an activating group) is 1. The lowest BCUT2D eigenvalue weighted by atomic mass is 10.2. The molecule has 1 aliphatic rings. The van der Waals surface area contributed by atoms with Gasteiger partial charge in [0.25, 0.3) is 0 Å². The minimum atomic E-state index is 0.365. The maximum absolute atomic E-state index is 6.18. The summed E-state index contributed by atoms with van der Waals surface area (Å²) in [4.78, 5) is 6.69. The fourth-order valence-corrected chi connectivity index (χ4v) is 3.69. The monoisotopic (exact) mass is 401 g/mol. The van der Waals surface area contributed by atoms with Gasteiger partial charge in [0.2, 0.25) is 0 Å². The van der Waals surface area contributed by atoms with Gasteiger partial charge in [-0.15, -0.1) is 0 Å². The number of aromatic amines is 1. The summed E-state index contributed by atoms with van der Waals surface area (Å²) in [6, 6.07) is 19.5. The Balaban J connectivity index is 1.35. The first-order chi connectivity index (χ1) is 14.7. The average Bonchev–Trinajstić information content (AvgIpc) is 3.37. The number of hydrogen-bond acceptors (Lipinski definition) is 6. The van der Waals surface area contributed by atoms with Gasteiger partial charge < -0.3 is 19.7 Å². The molecule has 0 bridgehead atoms. The standard InChI is InChI=1S/C23H23N5O2/c1-28-14-12-16(15-28)25-23-21-20(11-13-24-22(21)26-27-23)30-19-9-7-18(8-10-19)29-17-5-3-2-4-6-17/h2-11,13,16H,12,14-15H2,1H3,(H2,24,25,26,27). The van der Waals surface area contributed by atoms with Gasteiger partial charge in [0.05, 0.1) is 0 Å². The number of rotatable bonds is 6. The Kier molecular flexibility index (Phi) is 4.94. The molecule has 1 aliphatic heterocycles. The Morgan fingerprint density at radius 3 is 2.43 bits per heavy atom. The number of benzene rings is 2. The topological polar surface area (TPSA) is 75.3 Å². The van der Waals surface area contributed by atoms with Gasteiger partial charge in [-0.25, -0.2) is 4.98 Å². The third-order valence-electron chi connectivity index (χ3n) is 5.19. The Bertz CT molecular complexity index is 1130. The summed E-state index contributed by atoms with van der Waals surface area (Å²) in [6.07, 6.45) is 2.81. The highest BCUT2D eigenvalue weighted by Crippen LogP contribution is 2.34. The molecule has 1 saturated heterocycles. The van der Waals surface area contributed by atoms with E-state index >= 15 is 0 Å². The van der Waals surface area contributed by atoms with Crippen LogP contribution in [0.25, 0.3) is 11.0 Å². The summed E-state index contributed by atoms with van der Waals surface area (Å²) in [6.45, 7) is 2.08. The highest BCUT2D eigenvalue weighted by atomic mass is 16.5. The summed E-state index contributed by atoms with van der Waals surface area (Å²) < 4.78 is 12.0. The van der Waals surface area contributed by atoms with Crippen LogP contribution in [0.3, 0.4) is 0 Å². The second-order valence-electron chi connectivity index (χ2n) is 7.49. The number of ether oxygens (including phenoxy) is 2. The van der Waals surface area contributed by atoms with E-state index in [4.69, 9.17) is 9.47 Å². The van der Waals surface area contributed by atoms with Gasteiger partial charge in [0.15, 0.2) is 11.5 Å². The zero-order valence-electron chi connectivity index (χ0n) is 16.7. The van der Waals surface area contributed by atoms with Gasteiger partial charge in [-0.2, -0.15) is 5.10 Å². The predicted molar refractivity (Wildman–Crippen MR) is 116 cm³/mol. The van der Waals surface area contributed by atoms with Gasteiger partial charge in [-0.1, -0.05) is 18.2 Å². The molecule has 4 aromatic rings. The van der Waals surface area contributed by atoms with Crippen LogP contribution in [0.1, 0.15) is 6.42 Å². The predicted octanol–water partition coefficient (Wildman–Crippen LogP) is 4.66. The molecule has 0 radical (unpaired) electrons. The smallest absolute Gasteiger partial charge is 0.161 e. The van der Waals surface area contributed by atoms with Crippen LogP contribution in [0.5, 0.6) is 23.0 Å². The molecule has 1 atom stereocenters. The molecule has 5 rings (SSSR count). The first kappa shape index (κ1) is 18.4. The fourth-order valence-electron chi connectivity index (χ4n) is 3.69. The van der Waals surface area contributed by atoms with E-state index in [0.29, 0.717) is 17.4 Å². The number of aromatic nitrogens is 3. The molecule has 0 amide bonds. The quantitative estimate of drug-likeness (QED) is 0.489. The minimum Gasteiger partial charge on any atom is -0.457 e.